The second-order valence-corrected chi connectivity index (χ2v) is 7.00. The SMILES string of the molecule is CC(C)Cc1nc(-c2cncn2C)sc1CNC(C)C. The van der Waals surface area contributed by atoms with Gasteiger partial charge in [-0.25, -0.2) is 9.97 Å². The van der Waals surface area contributed by atoms with Crippen molar-refractivity contribution < 1.29 is 0 Å². The standard InChI is InChI=1S/C15H24N4S/c1-10(2)6-12-14(8-17-11(3)4)20-15(18-12)13-7-16-9-19(13)5/h7,9-11,17H,6,8H2,1-5H3. The van der Waals surface area contributed by atoms with E-state index in [0.29, 0.717) is 12.0 Å². The van der Waals surface area contributed by atoms with Crippen LogP contribution in [0.5, 0.6) is 0 Å². The van der Waals surface area contributed by atoms with Gasteiger partial charge in [0.2, 0.25) is 0 Å². The summed E-state index contributed by atoms with van der Waals surface area (Å²) in [6.45, 7) is 9.72. The molecule has 0 spiro atoms. The smallest absolute Gasteiger partial charge is 0.142 e. The maximum atomic E-state index is 4.85. The molecular weight excluding hydrogens is 268 g/mol. The van der Waals surface area contributed by atoms with Gasteiger partial charge in [-0.3, -0.25) is 0 Å². The molecule has 0 fully saturated rings. The van der Waals surface area contributed by atoms with Gasteiger partial charge in [0.05, 0.1) is 23.9 Å². The monoisotopic (exact) mass is 292 g/mol. The van der Waals surface area contributed by atoms with Crippen molar-refractivity contribution in [3.05, 3.63) is 23.1 Å². The van der Waals surface area contributed by atoms with Crippen LogP contribution in [0.4, 0.5) is 0 Å². The van der Waals surface area contributed by atoms with Crippen molar-refractivity contribution in [2.75, 3.05) is 0 Å². The number of rotatable bonds is 6. The molecule has 0 amide bonds. The Balaban J connectivity index is 2.29. The largest absolute Gasteiger partial charge is 0.332 e. The molecular formula is C15H24N4S. The minimum absolute atomic E-state index is 0.490. The summed E-state index contributed by atoms with van der Waals surface area (Å²) in [4.78, 5) is 10.4. The number of aryl methyl sites for hydroxylation is 1. The average Bonchev–Trinajstić information content (AvgIpc) is 2.92. The van der Waals surface area contributed by atoms with Crippen LogP contribution in [0.1, 0.15) is 38.3 Å². The van der Waals surface area contributed by atoms with Crippen molar-refractivity contribution in [3.8, 4) is 10.7 Å². The van der Waals surface area contributed by atoms with Crippen LogP contribution < -0.4 is 5.32 Å². The number of nitrogens with zero attached hydrogens (tertiary/aromatic N) is 3. The molecule has 0 radical (unpaired) electrons. The molecule has 2 aromatic heterocycles. The number of hydrogen-bond acceptors (Lipinski definition) is 4. The molecule has 2 heterocycles. The number of aromatic nitrogens is 3. The Morgan fingerprint density at radius 3 is 2.60 bits per heavy atom. The van der Waals surface area contributed by atoms with Crippen LogP contribution in [-0.2, 0) is 20.0 Å². The highest BCUT2D eigenvalue weighted by Gasteiger charge is 2.15. The molecule has 0 saturated carbocycles. The quantitative estimate of drug-likeness (QED) is 0.889. The van der Waals surface area contributed by atoms with Crippen LogP contribution in [0.25, 0.3) is 10.7 Å². The normalized spacial score (nSPS) is 11.8. The Morgan fingerprint density at radius 2 is 2.05 bits per heavy atom. The first kappa shape index (κ1) is 15.2. The lowest BCUT2D eigenvalue weighted by molar-refractivity contribution is 0.581. The lowest BCUT2D eigenvalue weighted by Crippen LogP contribution is -2.22. The molecule has 0 aliphatic heterocycles. The average molecular weight is 292 g/mol. The molecule has 0 aliphatic carbocycles. The lowest BCUT2D eigenvalue weighted by atomic mass is 10.1. The molecule has 0 unspecified atom stereocenters. The number of imidazole rings is 1. The summed E-state index contributed by atoms with van der Waals surface area (Å²) >= 11 is 1.78. The van der Waals surface area contributed by atoms with Crippen LogP contribution in [0.15, 0.2) is 12.5 Å². The zero-order valence-corrected chi connectivity index (χ0v) is 13.8. The minimum atomic E-state index is 0.490. The first-order valence-corrected chi connectivity index (χ1v) is 7.97. The fourth-order valence-corrected chi connectivity index (χ4v) is 3.13. The Bertz CT molecular complexity index is 554. The van der Waals surface area contributed by atoms with E-state index in [0.717, 1.165) is 23.7 Å². The Morgan fingerprint density at radius 1 is 1.30 bits per heavy atom. The second-order valence-electron chi connectivity index (χ2n) is 5.91. The molecule has 2 rings (SSSR count). The summed E-state index contributed by atoms with van der Waals surface area (Å²) in [5.74, 6) is 0.620. The van der Waals surface area contributed by atoms with Gasteiger partial charge < -0.3 is 9.88 Å². The van der Waals surface area contributed by atoms with Gasteiger partial charge in [0.1, 0.15) is 5.01 Å². The lowest BCUT2D eigenvalue weighted by Gasteiger charge is -2.08. The zero-order chi connectivity index (χ0) is 14.7. The van der Waals surface area contributed by atoms with E-state index in [4.69, 9.17) is 4.98 Å². The predicted molar refractivity (Wildman–Crippen MR) is 84.8 cm³/mol. The van der Waals surface area contributed by atoms with Crippen molar-refractivity contribution >= 4 is 11.3 Å². The van der Waals surface area contributed by atoms with Crippen molar-refractivity contribution in [1.29, 1.82) is 0 Å². The van der Waals surface area contributed by atoms with Gasteiger partial charge in [-0.1, -0.05) is 27.7 Å². The third-order valence-corrected chi connectivity index (χ3v) is 4.21. The van der Waals surface area contributed by atoms with E-state index in [1.165, 1.54) is 10.6 Å². The topological polar surface area (TPSA) is 42.7 Å². The molecule has 5 heteroatoms. The first-order chi connectivity index (χ1) is 9.47. The number of hydrogen-bond donors (Lipinski definition) is 1. The summed E-state index contributed by atoms with van der Waals surface area (Å²) in [6.07, 6.45) is 4.74. The summed E-state index contributed by atoms with van der Waals surface area (Å²) in [5, 5.41) is 4.57. The van der Waals surface area contributed by atoms with E-state index in [1.54, 1.807) is 11.3 Å². The molecule has 0 atom stereocenters. The minimum Gasteiger partial charge on any atom is -0.332 e. The first-order valence-electron chi connectivity index (χ1n) is 7.16. The molecule has 2 aromatic rings. The Labute approximate surface area is 125 Å². The van der Waals surface area contributed by atoms with E-state index in [1.807, 2.05) is 24.1 Å². The van der Waals surface area contributed by atoms with Crippen molar-refractivity contribution in [3.63, 3.8) is 0 Å². The van der Waals surface area contributed by atoms with E-state index in [-0.39, 0.29) is 0 Å². The third-order valence-electron chi connectivity index (χ3n) is 3.09. The molecule has 0 aliphatic rings. The van der Waals surface area contributed by atoms with Gasteiger partial charge in [-0.05, 0) is 12.3 Å². The van der Waals surface area contributed by atoms with Crippen LogP contribution >= 0.6 is 11.3 Å². The molecule has 1 N–H and O–H groups in total. The zero-order valence-electron chi connectivity index (χ0n) is 13.0. The highest BCUT2D eigenvalue weighted by atomic mass is 32.1. The maximum Gasteiger partial charge on any atom is 0.142 e. The summed E-state index contributed by atoms with van der Waals surface area (Å²) in [7, 11) is 2.01. The molecule has 20 heavy (non-hydrogen) atoms. The van der Waals surface area contributed by atoms with Gasteiger partial charge in [0.25, 0.3) is 0 Å². The highest BCUT2D eigenvalue weighted by Crippen LogP contribution is 2.29. The molecule has 0 aromatic carbocycles. The van der Waals surface area contributed by atoms with E-state index in [2.05, 4.69) is 38.0 Å². The summed E-state index contributed by atoms with van der Waals surface area (Å²) in [6, 6.07) is 0.490. The molecule has 4 nitrogen and oxygen atoms in total. The Hall–Kier alpha value is -1.20. The number of thiazole rings is 1. The van der Waals surface area contributed by atoms with Crippen molar-refractivity contribution in [2.45, 2.75) is 46.7 Å². The molecule has 0 bridgehead atoms. The maximum absolute atomic E-state index is 4.85. The van der Waals surface area contributed by atoms with Gasteiger partial charge in [0.15, 0.2) is 0 Å². The van der Waals surface area contributed by atoms with Crippen LogP contribution in [0, 0.1) is 5.92 Å². The van der Waals surface area contributed by atoms with E-state index >= 15 is 0 Å². The van der Waals surface area contributed by atoms with Crippen LogP contribution in [0.3, 0.4) is 0 Å². The van der Waals surface area contributed by atoms with Crippen LogP contribution in [-0.4, -0.2) is 20.6 Å². The van der Waals surface area contributed by atoms with Crippen molar-refractivity contribution in [2.24, 2.45) is 13.0 Å². The fraction of sp³-hybridized carbons (Fsp3) is 0.600. The van der Waals surface area contributed by atoms with E-state index in [9.17, 15) is 0 Å². The third kappa shape index (κ3) is 3.67. The molecule has 110 valence electrons. The van der Waals surface area contributed by atoms with Crippen molar-refractivity contribution in [1.82, 2.24) is 19.9 Å². The van der Waals surface area contributed by atoms with Gasteiger partial charge in [0, 0.05) is 24.5 Å². The van der Waals surface area contributed by atoms with Crippen LogP contribution in [0.2, 0.25) is 0 Å². The van der Waals surface area contributed by atoms with Gasteiger partial charge in [-0.15, -0.1) is 11.3 Å². The summed E-state index contributed by atoms with van der Waals surface area (Å²) in [5.41, 5.74) is 2.32. The number of nitrogens with one attached hydrogen (secondary N) is 1. The predicted octanol–water partition coefficient (Wildman–Crippen LogP) is 3.24. The van der Waals surface area contributed by atoms with Gasteiger partial charge in [-0.2, -0.15) is 0 Å². The van der Waals surface area contributed by atoms with Gasteiger partial charge >= 0.3 is 0 Å². The Kier molecular flexibility index (Phi) is 4.94. The summed E-state index contributed by atoms with van der Waals surface area (Å²) < 4.78 is 2.03. The van der Waals surface area contributed by atoms with E-state index < -0.39 is 0 Å². The molecule has 0 saturated heterocycles. The highest BCUT2D eigenvalue weighted by molar-refractivity contribution is 7.15. The fourth-order valence-electron chi connectivity index (χ4n) is 2.04. The second kappa shape index (κ2) is 6.50.